The molecular weight excluding hydrogens is 336 g/mol. The monoisotopic (exact) mass is 372 g/mol. The zero-order valence-electron chi connectivity index (χ0n) is 16.8. The number of aliphatic hydroxyl groups excluding tert-OH is 1. The molecule has 3 heteroatoms. The smallest absolute Gasteiger partial charge is 0.306 e. The standard InChI is InChI=1S/C24H36O3/c1-2-3-4-5-6-7-8-9-10-11-12-13-14-15-16-17-18-19-20-21-24(26)27-23-22-25/h3-4,6-7,9-10,12-13,15-16,18-19,25H,2,5,8,11,14,17,20-23H2,1H3. The first kappa shape index (κ1) is 24.9. The normalized spacial score (nSPS) is 12.8. The third-order valence-electron chi connectivity index (χ3n) is 3.47. The second kappa shape index (κ2) is 21.9. The minimum atomic E-state index is -0.261. The summed E-state index contributed by atoms with van der Waals surface area (Å²) in [4.78, 5) is 11.2. The van der Waals surface area contributed by atoms with Crippen LogP contribution < -0.4 is 0 Å². The Hall–Kier alpha value is -2.13. The van der Waals surface area contributed by atoms with Gasteiger partial charge in [-0.05, 0) is 44.9 Å². The van der Waals surface area contributed by atoms with Crippen LogP contribution in [0, 0.1) is 0 Å². The molecule has 0 rings (SSSR count). The van der Waals surface area contributed by atoms with E-state index in [2.05, 4.69) is 67.7 Å². The highest BCUT2D eigenvalue weighted by Crippen LogP contribution is 1.98. The van der Waals surface area contributed by atoms with E-state index in [4.69, 9.17) is 9.84 Å². The maximum absolute atomic E-state index is 11.2. The lowest BCUT2D eigenvalue weighted by molar-refractivity contribution is -0.144. The Bertz CT molecular complexity index is 508. The Labute approximate surface area is 165 Å². The van der Waals surface area contributed by atoms with Gasteiger partial charge in [-0.3, -0.25) is 4.79 Å². The summed E-state index contributed by atoms with van der Waals surface area (Å²) in [6.07, 6.45) is 32.8. The van der Waals surface area contributed by atoms with Crippen LogP contribution in [-0.4, -0.2) is 24.3 Å². The van der Waals surface area contributed by atoms with Gasteiger partial charge in [0.2, 0.25) is 0 Å². The van der Waals surface area contributed by atoms with Crippen LogP contribution in [0.15, 0.2) is 72.9 Å². The SMILES string of the molecule is CCC=CCC=CCC=CCC=CCC=CCC=CCCC(=O)OCCO. The third kappa shape index (κ3) is 21.8. The van der Waals surface area contributed by atoms with Crippen molar-refractivity contribution in [3.05, 3.63) is 72.9 Å². The lowest BCUT2D eigenvalue weighted by atomic mass is 10.2. The molecule has 3 nitrogen and oxygen atoms in total. The van der Waals surface area contributed by atoms with E-state index in [9.17, 15) is 4.79 Å². The minimum absolute atomic E-state index is 0.0859. The van der Waals surface area contributed by atoms with E-state index in [0.29, 0.717) is 12.8 Å². The molecule has 27 heavy (non-hydrogen) atoms. The second-order valence-electron chi connectivity index (χ2n) is 5.90. The Balaban J connectivity index is 3.54. The van der Waals surface area contributed by atoms with Crippen LogP contribution in [0.5, 0.6) is 0 Å². The van der Waals surface area contributed by atoms with Gasteiger partial charge in [0, 0.05) is 6.42 Å². The van der Waals surface area contributed by atoms with E-state index in [-0.39, 0.29) is 19.2 Å². The maximum Gasteiger partial charge on any atom is 0.306 e. The van der Waals surface area contributed by atoms with E-state index >= 15 is 0 Å². The molecule has 0 aliphatic heterocycles. The molecule has 0 bridgehead atoms. The summed E-state index contributed by atoms with van der Waals surface area (Å²) in [7, 11) is 0. The molecule has 1 N–H and O–H groups in total. The fraction of sp³-hybridized carbons (Fsp3) is 0.458. The van der Waals surface area contributed by atoms with Gasteiger partial charge < -0.3 is 9.84 Å². The van der Waals surface area contributed by atoms with Gasteiger partial charge in [0.25, 0.3) is 0 Å². The molecule has 0 unspecified atom stereocenters. The van der Waals surface area contributed by atoms with Gasteiger partial charge in [-0.1, -0.05) is 79.8 Å². The second-order valence-corrected chi connectivity index (χ2v) is 5.90. The van der Waals surface area contributed by atoms with Crippen LogP contribution in [0.4, 0.5) is 0 Å². The number of esters is 1. The molecule has 0 amide bonds. The first-order valence-corrected chi connectivity index (χ1v) is 9.97. The predicted octanol–water partition coefficient (Wildman–Crippen LogP) is 6.00. The zero-order chi connectivity index (χ0) is 19.8. The number of aliphatic hydroxyl groups is 1. The van der Waals surface area contributed by atoms with Crippen molar-refractivity contribution in [2.45, 2.75) is 58.3 Å². The number of ether oxygens (including phenoxy) is 1. The summed E-state index contributed by atoms with van der Waals surface area (Å²) in [5.74, 6) is -0.261. The lowest BCUT2D eigenvalue weighted by Crippen LogP contribution is -2.07. The summed E-state index contributed by atoms with van der Waals surface area (Å²) in [5.41, 5.74) is 0. The fourth-order valence-corrected chi connectivity index (χ4v) is 2.07. The molecule has 0 fully saturated rings. The van der Waals surface area contributed by atoms with Crippen molar-refractivity contribution >= 4 is 5.97 Å². The summed E-state index contributed by atoms with van der Waals surface area (Å²) in [6.45, 7) is 2.11. The van der Waals surface area contributed by atoms with Gasteiger partial charge in [0.1, 0.15) is 6.61 Å². The first-order valence-electron chi connectivity index (χ1n) is 9.97. The fourth-order valence-electron chi connectivity index (χ4n) is 2.07. The first-order chi connectivity index (χ1) is 13.3. The van der Waals surface area contributed by atoms with Crippen molar-refractivity contribution in [3.63, 3.8) is 0 Å². The highest BCUT2D eigenvalue weighted by atomic mass is 16.5. The Kier molecular flexibility index (Phi) is 20.2. The Morgan fingerprint density at radius 3 is 1.52 bits per heavy atom. The summed E-state index contributed by atoms with van der Waals surface area (Å²) in [6, 6.07) is 0. The van der Waals surface area contributed by atoms with E-state index < -0.39 is 0 Å². The van der Waals surface area contributed by atoms with Crippen molar-refractivity contribution in [2.24, 2.45) is 0 Å². The van der Waals surface area contributed by atoms with Crippen molar-refractivity contribution in [2.75, 3.05) is 13.2 Å². The van der Waals surface area contributed by atoms with Crippen molar-refractivity contribution in [1.82, 2.24) is 0 Å². The predicted molar refractivity (Wildman–Crippen MR) is 115 cm³/mol. The quantitative estimate of drug-likeness (QED) is 0.267. The van der Waals surface area contributed by atoms with Gasteiger partial charge in [0.15, 0.2) is 0 Å². The summed E-state index contributed by atoms with van der Waals surface area (Å²) < 4.78 is 4.77. The Morgan fingerprint density at radius 1 is 0.704 bits per heavy atom. The summed E-state index contributed by atoms with van der Waals surface area (Å²) in [5, 5.41) is 8.54. The highest BCUT2D eigenvalue weighted by Gasteiger charge is 1.98. The van der Waals surface area contributed by atoms with E-state index in [0.717, 1.165) is 38.5 Å². The number of carbonyl (C=O) groups is 1. The van der Waals surface area contributed by atoms with Crippen molar-refractivity contribution in [3.8, 4) is 0 Å². The zero-order valence-corrected chi connectivity index (χ0v) is 16.8. The van der Waals surface area contributed by atoms with E-state index in [1.807, 2.05) is 12.2 Å². The molecule has 0 aromatic carbocycles. The van der Waals surface area contributed by atoms with E-state index in [1.165, 1.54) is 0 Å². The lowest BCUT2D eigenvalue weighted by Gasteiger charge is -1.99. The third-order valence-corrected chi connectivity index (χ3v) is 3.47. The number of rotatable bonds is 16. The van der Waals surface area contributed by atoms with Crippen molar-refractivity contribution in [1.29, 1.82) is 0 Å². The maximum atomic E-state index is 11.2. The largest absolute Gasteiger partial charge is 0.463 e. The number of allylic oxidation sites excluding steroid dienone is 12. The van der Waals surface area contributed by atoms with Crippen LogP contribution in [0.1, 0.15) is 58.3 Å². The number of hydrogen-bond acceptors (Lipinski definition) is 3. The van der Waals surface area contributed by atoms with Crippen LogP contribution in [0.3, 0.4) is 0 Å². The molecule has 0 heterocycles. The summed E-state index contributed by atoms with van der Waals surface area (Å²) >= 11 is 0. The van der Waals surface area contributed by atoms with Crippen LogP contribution >= 0.6 is 0 Å². The molecule has 0 aliphatic rings. The molecule has 0 aromatic rings. The van der Waals surface area contributed by atoms with Crippen LogP contribution in [0.25, 0.3) is 0 Å². The highest BCUT2D eigenvalue weighted by molar-refractivity contribution is 5.69. The molecule has 0 aliphatic carbocycles. The average molecular weight is 373 g/mol. The molecule has 0 saturated carbocycles. The van der Waals surface area contributed by atoms with Crippen LogP contribution in [-0.2, 0) is 9.53 Å². The molecule has 0 atom stereocenters. The van der Waals surface area contributed by atoms with Crippen LogP contribution in [0.2, 0.25) is 0 Å². The molecular formula is C24H36O3. The topological polar surface area (TPSA) is 46.5 Å². The Morgan fingerprint density at radius 2 is 1.11 bits per heavy atom. The molecule has 150 valence electrons. The van der Waals surface area contributed by atoms with Gasteiger partial charge in [-0.2, -0.15) is 0 Å². The van der Waals surface area contributed by atoms with E-state index in [1.54, 1.807) is 0 Å². The van der Waals surface area contributed by atoms with Crippen molar-refractivity contribution < 1.29 is 14.6 Å². The number of carbonyl (C=O) groups excluding carboxylic acids is 1. The average Bonchev–Trinajstić information content (AvgIpc) is 2.68. The molecule has 0 radical (unpaired) electrons. The number of hydrogen-bond donors (Lipinski definition) is 1. The molecule has 0 aromatic heterocycles. The van der Waals surface area contributed by atoms with Gasteiger partial charge in [-0.15, -0.1) is 0 Å². The van der Waals surface area contributed by atoms with Gasteiger partial charge >= 0.3 is 5.97 Å². The molecule has 0 saturated heterocycles. The minimum Gasteiger partial charge on any atom is -0.463 e. The van der Waals surface area contributed by atoms with Gasteiger partial charge in [0.05, 0.1) is 6.61 Å². The molecule has 0 spiro atoms. The van der Waals surface area contributed by atoms with Gasteiger partial charge in [-0.25, -0.2) is 0 Å².